The van der Waals surface area contributed by atoms with Crippen molar-refractivity contribution < 1.29 is 4.74 Å². The van der Waals surface area contributed by atoms with Crippen LogP contribution in [0.4, 0.5) is 0 Å². The third-order valence-electron chi connectivity index (χ3n) is 3.04. The van der Waals surface area contributed by atoms with E-state index >= 15 is 0 Å². The van der Waals surface area contributed by atoms with Crippen molar-refractivity contribution in [2.75, 3.05) is 6.61 Å². The molecule has 1 heterocycles. The molecule has 5 nitrogen and oxygen atoms in total. The van der Waals surface area contributed by atoms with Gasteiger partial charge in [0.15, 0.2) is 0 Å². The highest BCUT2D eigenvalue weighted by Gasteiger charge is 2.00. The number of H-pyrrole nitrogens is 1. The maximum atomic E-state index is 11.6. The van der Waals surface area contributed by atoms with Crippen LogP contribution in [0.5, 0.6) is 5.75 Å². The lowest BCUT2D eigenvalue weighted by atomic mass is 10.1. The Kier molecular flexibility index (Phi) is 4.98. The monoisotopic (exact) mass is 288 g/mol. The third-order valence-corrected chi connectivity index (χ3v) is 3.04. The Morgan fingerprint density at radius 3 is 2.48 bits per heavy atom. The van der Waals surface area contributed by atoms with E-state index in [1.54, 1.807) is 0 Å². The third kappa shape index (κ3) is 4.63. The fraction of sp³-hybridized carbons (Fsp3) is 0.375. The number of hydrogen-bond donors (Lipinski definition) is 1. The molecule has 2 rings (SSSR count). The fourth-order valence-corrected chi connectivity index (χ4v) is 1.89. The van der Waals surface area contributed by atoms with E-state index in [0.29, 0.717) is 19.1 Å². The van der Waals surface area contributed by atoms with Gasteiger partial charge in [-0.1, -0.05) is 26.0 Å². The summed E-state index contributed by atoms with van der Waals surface area (Å²) in [7, 11) is 0. The highest BCUT2D eigenvalue weighted by atomic mass is 16.5. The van der Waals surface area contributed by atoms with Gasteiger partial charge in [0.2, 0.25) is 0 Å². The number of rotatable bonds is 6. The predicted molar refractivity (Wildman–Crippen MR) is 81.8 cm³/mol. The summed E-state index contributed by atoms with van der Waals surface area (Å²) in [5.41, 5.74) is 0.368. The highest BCUT2D eigenvalue weighted by Crippen LogP contribution is 2.13. The fourth-order valence-electron chi connectivity index (χ4n) is 1.89. The van der Waals surface area contributed by atoms with E-state index in [1.165, 1.54) is 16.8 Å². The highest BCUT2D eigenvalue weighted by molar-refractivity contribution is 5.27. The minimum absolute atomic E-state index is 0.372. The van der Waals surface area contributed by atoms with E-state index in [-0.39, 0.29) is 11.2 Å². The molecule has 1 aromatic carbocycles. The van der Waals surface area contributed by atoms with Crippen molar-refractivity contribution in [3.8, 4) is 5.75 Å². The van der Waals surface area contributed by atoms with E-state index < -0.39 is 0 Å². The SMILES string of the molecule is CC(C)COc1ccc(CCn2ccc(=O)[nH]c2=O)cc1. The first-order valence-corrected chi connectivity index (χ1v) is 7.06. The Balaban J connectivity index is 1.94. The zero-order chi connectivity index (χ0) is 15.2. The van der Waals surface area contributed by atoms with Crippen molar-refractivity contribution >= 4 is 0 Å². The number of ether oxygens (including phenoxy) is 1. The lowest BCUT2D eigenvalue weighted by molar-refractivity contribution is 0.271. The number of nitrogens with one attached hydrogen (secondary N) is 1. The van der Waals surface area contributed by atoms with Crippen molar-refractivity contribution in [2.24, 2.45) is 5.92 Å². The molecule has 5 heteroatoms. The second-order valence-electron chi connectivity index (χ2n) is 5.40. The van der Waals surface area contributed by atoms with Gasteiger partial charge in [0, 0.05) is 18.8 Å². The second-order valence-corrected chi connectivity index (χ2v) is 5.40. The molecule has 0 unspecified atom stereocenters. The molecule has 0 radical (unpaired) electrons. The summed E-state index contributed by atoms with van der Waals surface area (Å²) in [6.07, 6.45) is 2.23. The summed E-state index contributed by atoms with van der Waals surface area (Å²) in [6, 6.07) is 9.21. The molecule has 0 atom stereocenters. The van der Waals surface area contributed by atoms with Gasteiger partial charge in [-0.3, -0.25) is 9.78 Å². The zero-order valence-electron chi connectivity index (χ0n) is 12.3. The van der Waals surface area contributed by atoms with Gasteiger partial charge in [0.05, 0.1) is 6.61 Å². The normalized spacial score (nSPS) is 10.8. The van der Waals surface area contributed by atoms with Gasteiger partial charge in [-0.15, -0.1) is 0 Å². The van der Waals surface area contributed by atoms with Gasteiger partial charge >= 0.3 is 5.69 Å². The van der Waals surface area contributed by atoms with Crippen LogP contribution in [0.1, 0.15) is 19.4 Å². The number of aromatic nitrogens is 2. The number of nitrogens with zero attached hydrogens (tertiary/aromatic N) is 1. The van der Waals surface area contributed by atoms with Crippen molar-refractivity contribution in [1.82, 2.24) is 9.55 Å². The number of aromatic amines is 1. The van der Waals surface area contributed by atoms with Crippen LogP contribution < -0.4 is 16.0 Å². The number of aryl methyl sites for hydroxylation is 2. The van der Waals surface area contributed by atoms with Gasteiger partial charge < -0.3 is 9.30 Å². The molecule has 0 saturated heterocycles. The molecule has 1 aromatic heterocycles. The predicted octanol–water partition coefficient (Wildman–Crippen LogP) is 1.81. The summed E-state index contributed by atoms with van der Waals surface area (Å²) in [4.78, 5) is 24.8. The Morgan fingerprint density at radius 1 is 1.14 bits per heavy atom. The second kappa shape index (κ2) is 6.92. The first kappa shape index (κ1) is 15.1. The van der Waals surface area contributed by atoms with Gasteiger partial charge in [-0.25, -0.2) is 4.79 Å². The van der Waals surface area contributed by atoms with Gasteiger partial charge in [0.1, 0.15) is 5.75 Å². The van der Waals surface area contributed by atoms with Crippen LogP contribution in [0.2, 0.25) is 0 Å². The minimum atomic E-state index is -0.376. The summed E-state index contributed by atoms with van der Waals surface area (Å²) >= 11 is 0. The Bertz CT molecular complexity index is 684. The number of hydrogen-bond acceptors (Lipinski definition) is 3. The van der Waals surface area contributed by atoms with Gasteiger partial charge in [0.25, 0.3) is 5.56 Å². The molecule has 0 bridgehead atoms. The smallest absolute Gasteiger partial charge is 0.328 e. The Labute approximate surface area is 123 Å². The molecular weight excluding hydrogens is 268 g/mol. The molecule has 0 aliphatic heterocycles. The van der Waals surface area contributed by atoms with Crippen LogP contribution in [0.15, 0.2) is 46.1 Å². The molecule has 1 N–H and O–H groups in total. The summed E-state index contributed by atoms with van der Waals surface area (Å²) in [6.45, 7) is 5.44. The zero-order valence-corrected chi connectivity index (χ0v) is 12.3. The van der Waals surface area contributed by atoms with E-state index in [0.717, 1.165) is 17.7 Å². The van der Waals surface area contributed by atoms with Gasteiger partial charge in [-0.05, 0) is 30.0 Å². The molecule has 0 amide bonds. The summed E-state index contributed by atoms with van der Waals surface area (Å²) in [5, 5.41) is 0. The van der Waals surface area contributed by atoms with E-state index in [2.05, 4.69) is 18.8 Å². The molecule has 0 aliphatic rings. The van der Waals surface area contributed by atoms with Crippen molar-refractivity contribution in [1.29, 1.82) is 0 Å². The molecular formula is C16H20N2O3. The minimum Gasteiger partial charge on any atom is -0.493 e. The van der Waals surface area contributed by atoms with E-state index in [1.807, 2.05) is 24.3 Å². The van der Waals surface area contributed by atoms with Crippen LogP contribution in [0, 0.1) is 5.92 Å². The first-order valence-electron chi connectivity index (χ1n) is 7.06. The maximum Gasteiger partial charge on any atom is 0.328 e. The number of benzene rings is 1. The molecule has 0 aliphatic carbocycles. The van der Waals surface area contributed by atoms with Crippen molar-refractivity contribution in [3.63, 3.8) is 0 Å². The van der Waals surface area contributed by atoms with Crippen molar-refractivity contribution in [2.45, 2.75) is 26.8 Å². The topological polar surface area (TPSA) is 64.1 Å². The van der Waals surface area contributed by atoms with Crippen LogP contribution in [0.3, 0.4) is 0 Å². The Morgan fingerprint density at radius 2 is 1.86 bits per heavy atom. The molecule has 21 heavy (non-hydrogen) atoms. The quantitative estimate of drug-likeness (QED) is 0.881. The standard InChI is InChI=1S/C16H20N2O3/c1-12(2)11-21-14-5-3-13(4-6-14)7-9-18-10-8-15(19)17-16(18)20/h3-6,8,10,12H,7,9,11H2,1-2H3,(H,17,19,20). The lowest BCUT2D eigenvalue weighted by Gasteiger charge is -2.09. The first-order chi connectivity index (χ1) is 10.0. The molecule has 112 valence electrons. The average molecular weight is 288 g/mol. The van der Waals surface area contributed by atoms with Crippen molar-refractivity contribution in [3.05, 3.63) is 62.9 Å². The van der Waals surface area contributed by atoms with E-state index in [9.17, 15) is 9.59 Å². The maximum absolute atomic E-state index is 11.6. The molecule has 0 spiro atoms. The van der Waals surface area contributed by atoms with Crippen LogP contribution in [-0.4, -0.2) is 16.2 Å². The lowest BCUT2D eigenvalue weighted by Crippen LogP contribution is -2.29. The van der Waals surface area contributed by atoms with Crippen LogP contribution >= 0.6 is 0 Å². The van der Waals surface area contributed by atoms with E-state index in [4.69, 9.17) is 4.74 Å². The molecule has 2 aromatic rings. The van der Waals surface area contributed by atoms with Crippen LogP contribution in [0.25, 0.3) is 0 Å². The summed E-state index contributed by atoms with van der Waals surface area (Å²) < 4.78 is 7.11. The van der Waals surface area contributed by atoms with Gasteiger partial charge in [-0.2, -0.15) is 0 Å². The molecule has 0 saturated carbocycles. The molecule has 0 fully saturated rings. The average Bonchev–Trinajstić information content (AvgIpc) is 2.45. The van der Waals surface area contributed by atoms with Crippen LogP contribution in [-0.2, 0) is 13.0 Å². The largest absolute Gasteiger partial charge is 0.493 e. The summed E-state index contributed by atoms with van der Waals surface area (Å²) in [5.74, 6) is 1.35. The Hall–Kier alpha value is -2.30.